The summed E-state index contributed by atoms with van der Waals surface area (Å²) in [6.07, 6.45) is 4.42. The Labute approximate surface area is 105 Å². The molecule has 2 fully saturated rings. The summed E-state index contributed by atoms with van der Waals surface area (Å²) < 4.78 is 5.48. The molecule has 0 saturated carbocycles. The quantitative estimate of drug-likeness (QED) is 0.821. The Morgan fingerprint density at radius 3 is 2.53 bits per heavy atom. The van der Waals surface area contributed by atoms with Crippen LogP contribution in [0.1, 0.15) is 46.5 Å². The normalized spacial score (nSPS) is 30.4. The molecule has 2 aliphatic heterocycles. The van der Waals surface area contributed by atoms with Gasteiger partial charge in [0.15, 0.2) is 0 Å². The lowest BCUT2D eigenvalue weighted by molar-refractivity contribution is -0.0229. The van der Waals surface area contributed by atoms with E-state index < -0.39 is 0 Å². The fraction of sp³-hybridized carbons (Fsp3) is 1.00. The fourth-order valence-electron chi connectivity index (χ4n) is 3.37. The van der Waals surface area contributed by atoms with Crippen LogP contribution in [0.3, 0.4) is 0 Å². The molecule has 2 rings (SSSR count). The lowest BCUT2D eigenvalue weighted by atomic mass is 9.79. The Morgan fingerprint density at radius 1 is 1.35 bits per heavy atom. The predicted octanol–water partition coefficient (Wildman–Crippen LogP) is 2.04. The van der Waals surface area contributed by atoms with Gasteiger partial charge in [-0.2, -0.15) is 0 Å². The summed E-state index contributed by atoms with van der Waals surface area (Å²) in [4.78, 5) is 2.52. The van der Waals surface area contributed by atoms with Gasteiger partial charge < -0.3 is 9.84 Å². The van der Waals surface area contributed by atoms with Crippen LogP contribution in [0, 0.1) is 5.41 Å². The molecule has 0 bridgehead atoms. The summed E-state index contributed by atoms with van der Waals surface area (Å²) in [6, 6.07) is 0. The average molecular weight is 241 g/mol. The molecule has 17 heavy (non-hydrogen) atoms. The van der Waals surface area contributed by atoms with Gasteiger partial charge in [0.1, 0.15) is 0 Å². The van der Waals surface area contributed by atoms with Crippen molar-refractivity contribution in [2.45, 2.75) is 58.1 Å². The van der Waals surface area contributed by atoms with E-state index in [4.69, 9.17) is 4.74 Å². The van der Waals surface area contributed by atoms with E-state index in [1.165, 1.54) is 19.3 Å². The van der Waals surface area contributed by atoms with Gasteiger partial charge in [-0.3, -0.25) is 4.90 Å². The molecule has 100 valence electrons. The van der Waals surface area contributed by atoms with Crippen molar-refractivity contribution in [3.05, 3.63) is 0 Å². The summed E-state index contributed by atoms with van der Waals surface area (Å²) in [5, 5.41) is 10.1. The van der Waals surface area contributed by atoms with Gasteiger partial charge in [-0.25, -0.2) is 0 Å². The Morgan fingerprint density at radius 2 is 2.00 bits per heavy atom. The van der Waals surface area contributed by atoms with E-state index in [1.54, 1.807) is 0 Å². The molecule has 1 N–H and O–H groups in total. The summed E-state index contributed by atoms with van der Waals surface area (Å²) in [7, 11) is 0. The first-order valence-corrected chi connectivity index (χ1v) is 7.03. The number of rotatable bonds is 3. The van der Waals surface area contributed by atoms with Crippen LogP contribution in [0.25, 0.3) is 0 Å². The summed E-state index contributed by atoms with van der Waals surface area (Å²) in [5.74, 6) is 0. The lowest BCUT2D eigenvalue weighted by Gasteiger charge is -2.42. The van der Waals surface area contributed by atoms with Crippen LogP contribution >= 0.6 is 0 Å². The van der Waals surface area contributed by atoms with Gasteiger partial charge in [0, 0.05) is 25.3 Å². The zero-order valence-electron chi connectivity index (χ0n) is 11.5. The molecule has 2 aliphatic rings. The SMILES string of the molecule is CCC(C)(C(C)O)N1CCC2(CCOCC2)C1. The number of hydrogen-bond donors (Lipinski definition) is 1. The van der Waals surface area contributed by atoms with Crippen molar-refractivity contribution in [1.82, 2.24) is 4.90 Å². The maximum absolute atomic E-state index is 10.1. The van der Waals surface area contributed by atoms with Gasteiger partial charge in [-0.1, -0.05) is 6.92 Å². The molecule has 3 heteroatoms. The van der Waals surface area contributed by atoms with Crippen molar-refractivity contribution in [2.24, 2.45) is 5.41 Å². The number of ether oxygens (including phenoxy) is 1. The Hall–Kier alpha value is -0.120. The molecule has 0 aliphatic carbocycles. The Kier molecular flexibility index (Phi) is 3.81. The van der Waals surface area contributed by atoms with Gasteiger partial charge in [-0.15, -0.1) is 0 Å². The summed E-state index contributed by atoms with van der Waals surface area (Å²) in [5.41, 5.74) is 0.422. The maximum Gasteiger partial charge on any atom is 0.0692 e. The molecule has 0 aromatic rings. The first-order valence-electron chi connectivity index (χ1n) is 7.03. The minimum absolute atomic E-state index is 0.0538. The number of likely N-dealkylation sites (tertiary alicyclic amines) is 1. The maximum atomic E-state index is 10.1. The van der Waals surface area contributed by atoms with Crippen molar-refractivity contribution in [1.29, 1.82) is 0 Å². The van der Waals surface area contributed by atoms with Crippen LogP contribution in [-0.4, -0.2) is 48.0 Å². The zero-order valence-corrected chi connectivity index (χ0v) is 11.5. The van der Waals surface area contributed by atoms with E-state index >= 15 is 0 Å². The Balaban J connectivity index is 2.05. The molecule has 0 radical (unpaired) electrons. The molecule has 1 spiro atoms. The molecule has 0 aromatic carbocycles. The number of hydrogen-bond acceptors (Lipinski definition) is 3. The number of aliphatic hydroxyl groups excluding tert-OH is 1. The number of nitrogens with zero attached hydrogens (tertiary/aromatic N) is 1. The van der Waals surface area contributed by atoms with Crippen molar-refractivity contribution < 1.29 is 9.84 Å². The summed E-state index contributed by atoms with van der Waals surface area (Å²) >= 11 is 0. The highest BCUT2D eigenvalue weighted by Crippen LogP contribution is 2.43. The fourth-order valence-corrected chi connectivity index (χ4v) is 3.37. The van der Waals surface area contributed by atoms with Crippen LogP contribution in [0.4, 0.5) is 0 Å². The second kappa shape index (κ2) is 4.87. The Bertz CT molecular complexity index is 261. The second-order valence-electron chi connectivity index (χ2n) is 6.17. The molecule has 0 amide bonds. The minimum atomic E-state index is -0.262. The van der Waals surface area contributed by atoms with Crippen LogP contribution in [0.15, 0.2) is 0 Å². The molecule has 2 heterocycles. The van der Waals surface area contributed by atoms with E-state index in [0.717, 1.165) is 32.7 Å². The predicted molar refractivity (Wildman–Crippen MR) is 69.1 cm³/mol. The van der Waals surface area contributed by atoms with E-state index in [1.807, 2.05) is 6.92 Å². The summed E-state index contributed by atoms with van der Waals surface area (Å²) in [6.45, 7) is 10.4. The average Bonchev–Trinajstić information content (AvgIpc) is 2.73. The standard InChI is InChI=1S/C14H27NO2/c1-4-13(3,12(2)16)15-8-5-14(11-15)6-9-17-10-7-14/h12,16H,4-11H2,1-3H3. The van der Waals surface area contributed by atoms with Gasteiger partial charge in [0.05, 0.1) is 6.10 Å². The largest absolute Gasteiger partial charge is 0.391 e. The molecular weight excluding hydrogens is 214 g/mol. The van der Waals surface area contributed by atoms with Crippen LogP contribution in [0.2, 0.25) is 0 Å². The van der Waals surface area contributed by atoms with Crippen molar-refractivity contribution in [3.8, 4) is 0 Å². The third-order valence-corrected chi connectivity index (χ3v) is 5.33. The van der Waals surface area contributed by atoms with Crippen molar-refractivity contribution in [2.75, 3.05) is 26.3 Å². The second-order valence-corrected chi connectivity index (χ2v) is 6.17. The van der Waals surface area contributed by atoms with Crippen LogP contribution in [0.5, 0.6) is 0 Å². The van der Waals surface area contributed by atoms with Crippen molar-refractivity contribution >= 4 is 0 Å². The third-order valence-electron chi connectivity index (χ3n) is 5.33. The molecule has 3 nitrogen and oxygen atoms in total. The first-order chi connectivity index (χ1) is 8.02. The molecule has 2 unspecified atom stereocenters. The van der Waals surface area contributed by atoms with E-state index in [0.29, 0.717) is 5.41 Å². The molecule has 2 atom stereocenters. The van der Waals surface area contributed by atoms with Gasteiger partial charge in [0.25, 0.3) is 0 Å². The topological polar surface area (TPSA) is 32.7 Å². The highest BCUT2D eigenvalue weighted by atomic mass is 16.5. The minimum Gasteiger partial charge on any atom is -0.391 e. The zero-order chi connectivity index (χ0) is 12.5. The number of aliphatic hydroxyl groups is 1. The van der Waals surface area contributed by atoms with Crippen molar-refractivity contribution in [3.63, 3.8) is 0 Å². The van der Waals surface area contributed by atoms with E-state index in [-0.39, 0.29) is 11.6 Å². The van der Waals surface area contributed by atoms with E-state index in [9.17, 15) is 5.11 Å². The lowest BCUT2D eigenvalue weighted by Crippen LogP contribution is -2.53. The molecular formula is C14H27NO2. The van der Waals surface area contributed by atoms with Crippen LogP contribution < -0.4 is 0 Å². The van der Waals surface area contributed by atoms with Gasteiger partial charge >= 0.3 is 0 Å². The van der Waals surface area contributed by atoms with E-state index in [2.05, 4.69) is 18.7 Å². The monoisotopic (exact) mass is 241 g/mol. The van der Waals surface area contributed by atoms with Gasteiger partial charge in [-0.05, 0) is 51.5 Å². The third kappa shape index (κ3) is 2.38. The van der Waals surface area contributed by atoms with Crippen LogP contribution in [-0.2, 0) is 4.74 Å². The smallest absolute Gasteiger partial charge is 0.0692 e. The molecule has 2 saturated heterocycles. The highest BCUT2D eigenvalue weighted by Gasteiger charge is 2.46. The highest BCUT2D eigenvalue weighted by molar-refractivity contribution is 4.99. The van der Waals surface area contributed by atoms with Gasteiger partial charge in [0.2, 0.25) is 0 Å². The first kappa shape index (κ1) is 13.3. The molecule has 0 aromatic heterocycles.